The molecule has 5 heteroatoms. The summed E-state index contributed by atoms with van der Waals surface area (Å²) in [6, 6.07) is 5.39. The van der Waals surface area contributed by atoms with Crippen LogP contribution in [0.3, 0.4) is 0 Å². The van der Waals surface area contributed by atoms with Crippen LogP contribution in [-0.4, -0.2) is 40.0 Å². The summed E-state index contributed by atoms with van der Waals surface area (Å²) >= 11 is 0. The monoisotopic (exact) mass is 236 g/mol. The lowest BCUT2D eigenvalue weighted by Gasteiger charge is -2.19. The summed E-state index contributed by atoms with van der Waals surface area (Å²) in [5.41, 5.74) is 0.700. The normalized spacial score (nSPS) is 9.94. The number of nitrogens with zero attached hydrogens (tertiary/aromatic N) is 2. The molecule has 0 radical (unpaired) electrons. The van der Waals surface area contributed by atoms with E-state index in [4.69, 9.17) is 5.11 Å². The molecule has 1 N–H and O–H groups in total. The van der Waals surface area contributed by atoms with Gasteiger partial charge in [0.05, 0.1) is 12.8 Å². The van der Waals surface area contributed by atoms with Crippen molar-refractivity contribution in [1.82, 2.24) is 9.88 Å². The number of hydrogen-bond acceptors (Lipinski definition) is 3. The number of aromatic nitrogens is 1. The van der Waals surface area contributed by atoms with E-state index in [9.17, 15) is 9.59 Å². The van der Waals surface area contributed by atoms with Gasteiger partial charge in [0.2, 0.25) is 5.91 Å². The molecule has 1 amide bonds. The van der Waals surface area contributed by atoms with Crippen LogP contribution in [0.25, 0.3) is 0 Å². The second kappa shape index (κ2) is 6.62. The van der Waals surface area contributed by atoms with Crippen LogP contribution in [0.2, 0.25) is 0 Å². The van der Waals surface area contributed by atoms with E-state index < -0.39 is 5.97 Å². The van der Waals surface area contributed by atoms with Crippen LogP contribution in [0.1, 0.15) is 19.0 Å². The molecule has 0 saturated heterocycles. The van der Waals surface area contributed by atoms with Crippen LogP contribution in [0.5, 0.6) is 0 Å². The number of amides is 1. The van der Waals surface area contributed by atoms with Gasteiger partial charge in [0.15, 0.2) is 0 Å². The Kier molecular flexibility index (Phi) is 5.13. The van der Waals surface area contributed by atoms with Crippen molar-refractivity contribution in [3.05, 3.63) is 30.1 Å². The minimum Gasteiger partial charge on any atom is -0.481 e. The number of carboxylic acid groups (broad SMARTS) is 1. The highest BCUT2D eigenvalue weighted by atomic mass is 16.4. The molecule has 0 saturated carbocycles. The van der Waals surface area contributed by atoms with Crippen LogP contribution in [0.15, 0.2) is 24.4 Å². The van der Waals surface area contributed by atoms with E-state index in [0.29, 0.717) is 12.2 Å². The molecule has 1 rings (SSSR count). The fourth-order valence-corrected chi connectivity index (χ4v) is 1.46. The van der Waals surface area contributed by atoms with Gasteiger partial charge in [-0.3, -0.25) is 14.6 Å². The molecule has 0 unspecified atom stereocenters. The van der Waals surface area contributed by atoms with Gasteiger partial charge in [-0.2, -0.15) is 0 Å². The molecular weight excluding hydrogens is 220 g/mol. The lowest BCUT2D eigenvalue weighted by Crippen LogP contribution is -2.34. The molecule has 5 nitrogen and oxygen atoms in total. The van der Waals surface area contributed by atoms with Gasteiger partial charge >= 0.3 is 5.97 Å². The zero-order chi connectivity index (χ0) is 12.7. The quantitative estimate of drug-likeness (QED) is 0.798. The predicted molar refractivity (Wildman–Crippen MR) is 62.4 cm³/mol. The van der Waals surface area contributed by atoms with Crippen LogP contribution in [0.4, 0.5) is 0 Å². The first-order chi connectivity index (χ1) is 8.13. The summed E-state index contributed by atoms with van der Waals surface area (Å²) in [7, 11) is 0. The topological polar surface area (TPSA) is 70.5 Å². The van der Waals surface area contributed by atoms with Gasteiger partial charge in [-0.05, 0) is 19.1 Å². The third-order valence-corrected chi connectivity index (χ3v) is 2.39. The first kappa shape index (κ1) is 13.2. The highest BCUT2D eigenvalue weighted by Crippen LogP contribution is 2.00. The fourth-order valence-electron chi connectivity index (χ4n) is 1.46. The van der Waals surface area contributed by atoms with Crippen molar-refractivity contribution in [3.63, 3.8) is 0 Å². The number of likely N-dealkylation sites (N-methyl/N-ethyl adjacent to an activating group) is 1. The zero-order valence-electron chi connectivity index (χ0n) is 9.80. The van der Waals surface area contributed by atoms with Crippen LogP contribution < -0.4 is 0 Å². The van der Waals surface area contributed by atoms with Crippen LogP contribution >= 0.6 is 0 Å². The summed E-state index contributed by atoms with van der Waals surface area (Å²) in [6.45, 7) is 2.59. The molecule has 1 aromatic heterocycles. The van der Waals surface area contributed by atoms with Crippen molar-refractivity contribution < 1.29 is 14.7 Å². The van der Waals surface area contributed by atoms with Crippen molar-refractivity contribution in [2.75, 3.05) is 13.1 Å². The molecule has 0 aromatic carbocycles. The third-order valence-electron chi connectivity index (χ3n) is 2.39. The lowest BCUT2D eigenvalue weighted by atomic mass is 10.2. The third kappa shape index (κ3) is 4.63. The van der Waals surface area contributed by atoms with Crippen LogP contribution in [-0.2, 0) is 16.0 Å². The molecule has 0 atom stereocenters. The molecule has 0 bridgehead atoms. The van der Waals surface area contributed by atoms with Gasteiger partial charge in [0.1, 0.15) is 0 Å². The van der Waals surface area contributed by atoms with E-state index in [0.717, 1.165) is 0 Å². The maximum absolute atomic E-state index is 11.8. The zero-order valence-corrected chi connectivity index (χ0v) is 9.80. The van der Waals surface area contributed by atoms with E-state index in [1.54, 1.807) is 18.3 Å². The SMILES string of the molecule is CCN(CCC(=O)O)C(=O)Cc1ccccn1. The summed E-state index contributed by atoms with van der Waals surface area (Å²) < 4.78 is 0. The van der Waals surface area contributed by atoms with Crippen molar-refractivity contribution in [2.45, 2.75) is 19.8 Å². The molecular formula is C12H16N2O3. The number of hydrogen-bond donors (Lipinski definition) is 1. The first-order valence-electron chi connectivity index (χ1n) is 5.53. The molecule has 1 heterocycles. The lowest BCUT2D eigenvalue weighted by molar-refractivity contribution is -0.138. The standard InChI is InChI=1S/C12H16N2O3/c1-2-14(8-6-12(16)17)11(15)9-10-5-3-4-7-13-10/h3-5,7H,2,6,8-9H2,1H3,(H,16,17). The number of carbonyl (C=O) groups excluding carboxylic acids is 1. The van der Waals surface area contributed by atoms with Gasteiger partial charge in [-0.15, -0.1) is 0 Å². The molecule has 0 aliphatic carbocycles. The first-order valence-corrected chi connectivity index (χ1v) is 5.53. The number of carboxylic acids is 1. The van der Waals surface area contributed by atoms with E-state index in [1.165, 1.54) is 4.90 Å². The molecule has 1 aromatic rings. The van der Waals surface area contributed by atoms with Crippen LogP contribution in [0, 0.1) is 0 Å². The van der Waals surface area contributed by atoms with Gasteiger partial charge in [0, 0.05) is 25.0 Å². The molecule has 0 aliphatic rings. The Balaban J connectivity index is 2.52. The highest BCUT2D eigenvalue weighted by molar-refractivity contribution is 5.79. The molecule has 0 spiro atoms. The Morgan fingerprint density at radius 2 is 2.18 bits per heavy atom. The van der Waals surface area contributed by atoms with Gasteiger partial charge in [-0.25, -0.2) is 0 Å². The van der Waals surface area contributed by atoms with Gasteiger partial charge in [-0.1, -0.05) is 6.07 Å². The van der Waals surface area contributed by atoms with Crippen molar-refractivity contribution >= 4 is 11.9 Å². The number of rotatable bonds is 6. The molecule has 92 valence electrons. The maximum atomic E-state index is 11.8. The van der Waals surface area contributed by atoms with Crippen molar-refractivity contribution in [2.24, 2.45) is 0 Å². The summed E-state index contributed by atoms with van der Waals surface area (Å²) in [5.74, 6) is -0.985. The average molecular weight is 236 g/mol. The maximum Gasteiger partial charge on any atom is 0.305 e. The van der Waals surface area contributed by atoms with Crippen molar-refractivity contribution in [3.8, 4) is 0 Å². The van der Waals surface area contributed by atoms with E-state index >= 15 is 0 Å². The largest absolute Gasteiger partial charge is 0.481 e. The molecule has 0 fully saturated rings. The van der Waals surface area contributed by atoms with E-state index in [1.807, 2.05) is 13.0 Å². The average Bonchev–Trinajstić information content (AvgIpc) is 2.30. The Bertz CT molecular complexity index is 379. The number of aliphatic carboxylic acids is 1. The Morgan fingerprint density at radius 3 is 2.71 bits per heavy atom. The van der Waals surface area contributed by atoms with Gasteiger partial charge < -0.3 is 10.0 Å². The second-order valence-corrected chi connectivity index (χ2v) is 3.61. The van der Waals surface area contributed by atoms with Crippen molar-refractivity contribution in [1.29, 1.82) is 0 Å². The Morgan fingerprint density at radius 1 is 1.41 bits per heavy atom. The summed E-state index contributed by atoms with van der Waals surface area (Å²) in [5, 5.41) is 8.58. The van der Waals surface area contributed by atoms with E-state index in [-0.39, 0.29) is 25.3 Å². The Labute approximate surface area is 100 Å². The Hall–Kier alpha value is -1.91. The molecule has 17 heavy (non-hydrogen) atoms. The van der Waals surface area contributed by atoms with Gasteiger partial charge in [0.25, 0.3) is 0 Å². The second-order valence-electron chi connectivity index (χ2n) is 3.61. The summed E-state index contributed by atoms with van der Waals surface area (Å²) in [6.07, 6.45) is 1.83. The predicted octanol–water partition coefficient (Wildman–Crippen LogP) is 0.947. The van der Waals surface area contributed by atoms with E-state index in [2.05, 4.69) is 4.98 Å². The minimum atomic E-state index is -0.894. The number of carbonyl (C=O) groups is 2. The number of pyridine rings is 1. The summed E-state index contributed by atoms with van der Waals surface area (Å²) in [4.78, 5) is 27.9. The fraction of sp³-hybridized carbons (Fsp3) is 0.417. The smallest absolute Gasteiger partial charge is 0.305 e. The minimum absolute atomic E-state index is 0.0260. The molecule has 0 aliphatic heterocycles. The highest BCUT2D eigenvalue weighted by Gasteiger charge is 2.13.